The van der Waals surface area contributed by atoms with Gasteiger partial charge < -0.3 is 20.5 Å². The number of nitrogens with one attached hydrogen (secondary N) is 1. The van der Waals surface area contributed by atoms with Gasteiger partial charge in [-0.3, -0.25) is 4.79 Å². The molecule has 0 saturated heterocycles. The highest BCUT2D eigenvalue weighted by Gasteiger charge is 2.05. The Balaban J connectivity index is 2.38. The van der Waals surface area contributed by atoms with Crippen molar-refractivity contribution in [3.63, 3.8) is 0 Å². The molecule has 0 radical (unpaired) electrons. The number of pyridine rings is 1. The number of primary amides is 1. The van der Waals surface area contributed by atoms with Crippen LogP contribution in [0.5, 0.6) is 0 Å². The fourth-order valence-electron chi connectivity index (χ4n) is 1.20. The van der Waals surface area contributed by atoms with Gasteiger partial charge in [0.25, 0.3) is 0 Å². The molecule has 7 nitrogen and oxygen atoms in total. The molecule has 0 aliphatic rings. The van der Waals surface area contributed by atoms with Crippen LogP contribution >= 0.6 is 0 Å². The molecule has 0 unspecified atom stereocenters. The van der Waals surface area contributed by atoms with Crippen LogP contribution in [0.25, 0.3) is 0 Å². The van der Waals surface area contributed by atoms with Crippen molar-refractivity contribution in [2.45, 2.75) is 0 Å². The van der Waals surface area contributed by atoms with Crippen molar-refractivity contribution < 1.29 is 19.1 Å². The Labute approximate surface area is 104 Å². The molecule has 1 amide bonds. The van der Waals surface area contributed by atoms with E-state index < -0.39 is 11.9 Å². The molecule has 0 spiro atoms. The van der Waals surface area contributed by atoms with Gasteiger partial charge in [0.15, 0.2) is 0 Å². The molecule has 0 fully saturated rings. The number of carbonyl (C=O) groups excluding carboxylic acids is 2. The molecular formula is C11H15N3O4. The second-order valence-electron chi connectivity index (χ2n) is 3.37. The minimum Gasteiger partial charge on any atom is -0.465 e. The van der Waals surface area contributed by atoms with Crippen LogP contribution in [-0.2, 0) is 14.3 Å². The Morgan fingerprint density at radius 3 is 2.94 bits per heavy atom. The molecule has 1 aromatic heterocycles. The van der Waals surface area contributed by atoms with E-state index in [1.54, 1.807) is 12.1 Å². The van der Waals surface area contributed by atoms with Gasteiger partial charge in [-0.05, 0) is 12.1 Å². The number of methoxy groups -OCH3 is 1. The monoisotopic (exact) mass is 253 g/mol. The van der Waals surface area contributed by atoms with E-state index in [4.69, 9.17) is 10.5 Å². The lowest BCUT2D eigenvalue weighted by atomic mass is 10.2. The molecule has 98 valence electrons. The number of amides is 1. The summed E-state index contributed by atoms with van der Waals surface area (Å²) < 4.78 is 9.55. The summed E-state index contributed by atoms with van der Waals surface area (Å²) in [5.74, 6) is -0.410. The van der Waals surface area contributed by atoms with Crippen molar-refractivity contribution in [2.24, 2.45) is 5.73 Å². The van der Waals surface area contributed by atoms with Crippen LogP contribution in [0.4, 0.5) is 5.82 Å². The minimum absolute atomic E-state index is 0.114. The minimum atomic E-state index is -0.513. The number of anilines is 1. The number of hydrogen-bond donors (Lipinski definition) is 2. The van der Waals surface area contributed by atoms with Crippen LogP contribution in [-0.4, -0.2) is 43.7 Å². The van der Waals surface area contributed by atoms with E-state index in [0.29, 0.717) is 24.5 Å². The number of esters is 1. The lowest BCUT2D eigenvalue weighted by Crippen LogP contribution is -2.20. The standard InChI is InChI=1S/C11H15N3O4/c1-17-11(16)8-2-3-13-10(6-8)14-4-5-18-7-9(12)15/h2-3,6H,4-5,7H2,1H3,(H2,12,15)(H,13,14). The Kier molecular flexibility index (Phi) is 5.59. The van der Waals surface area contributed by atoms with Gasteiger partial charge in [0.05, 0.1) is 19.3 Å². The highest BCUT2D eigenvalue weighted by molar-refractivity contribution is 5.89. The number of aromatic nitrogens is 1. The molecule has 0 saturated carbocycles. The third-order valence-electron chi connectivity index (χ3n) is 1.98. The summed E-state index contributed by atoms with van der Waals surface area (Å²) in [7, 11) is 1.31. The van der Waals surface area contributed by atoms with Gasteiger partial charge >= 0.3 is 5.97 Å². The molecule has 0 aliphatic heterocycles. The van der Waals surface area contributed by atoms with Crippen molar-refractivity contribution in [1.29, 1.82) is 0 Å². The van der Waals surface area contributed by atoms with Gasteiger partial charge in [0.2, 0.25) is 5.91 Å². The van der Waals surface area contributed by atoms with E-state index in [1.807, 2.05) is 0 Å². The highest BCUT2D eigenvalue weighted by Crippen LogP contribution is 2.07. The summed E-state index contributed by atoms with van der Waals surface area (Å²) in [5.41, 5.74) is 5.32. The summed E-state index contributed by atoms with van der Waals surface area (Å²) in [5, 5.41) is 2.94. The van der Waals surface area contributed by atoms with Crippen LogP contribution in [0, 0.1) is 0 Å². The molecule has 3 N–H and O–H groups in total. The lowest BCUT2D eigenvalue weighted by molar-refractivity contribution is -0.122. The third-order valence-corrected chi connectivity index (χ3v) is 1.98. The zero-order valence-electron chi connectivity index (χ0n) is 10.0. The number of rotatable bonds is 7. The molecular weight excluding hydrogens is 238 g/mol. The Morgan fingerprint density at radius 1 is 1.50 bits per heavy atom. The maximum Gasteiger partial charge on any atom is 0.338 e. The van der Waals surface area contributed by atoms with E-state index in [-0.39, 0.29) is 6.61 Å². The second-order valence-corrected chi connectivity index (χ2v) is 3.37. The van der Waals surface area contributed by atoms with Crippen LogP contribution in [0.3, 0.4) is 0 Å². The summed E-state index contributed by atoms with van der Waals surface area (Å²) >= 11 is 0. The van der Waals surface area contributed by atoms with Crippen LogP contribution in [0.1, 0.15) is 10.4 Å². The van der Waals surface area contributed by atoms with Crippen LogP contribution in [0.2, 0.25) is 0 Å². The Hall–Kier alpha value is -2.15. The average Bonchev–Trinajstić information content (AvgIpc) is 2.37. The molecule has 1 heterocycles. The first-order chi connectivity index (χ1) is 8.63. The Morgan fingerprint density at radius 2 is 2.28 bits per heavy atom. The first-order valence-corrected chi connectivity index (χ1v) is 5.27. The fraction of sp³-hybridized carbons (Fsp3) is 0.364. The average molecular weight is 253 g/mol. The normalized spacial score (nSPS) is 9.83. The lowest BCUT2D eigenvalue weighted by Gasteiger charge is -2.06. The molecule has 1 rings (SSSR count). The van der Waals surface area contributed by atoms with E-state index >= 15 is 0 Å². The van der Waals surface area contributed by atoms with E-state index in [1.165, 1.54) is 13.3 Å². The molecule has 18 heavy (non-hydrogen) atoms. The van der Waals surface area contributed by atoms with Crippen LogP contribution < -0.4 is 11.1 Å². The van der Waals surface area contributed by atoms with E-state index in [0.717, 1.165) is 0 Å². The van der Waals surface area contributed by atoms with E-state index in [2.05, 4.69) is 15.0 Å². The predicted octanol–water partition coefficient (Wildman–Crippen LogP) is -0.218. The van der Waals surface area contributed by atoms with Gasteiger partial charge in [-0.1, -0.05) is 0 Å². The third kappa shape index (κ3) is 4.79. The maximum atomic E-state index is 11.3. The summed E-state index contributed by atoms with van der Waals surface area (Å²) in [6.07, 6.45) is 1.50. The van der Waals surface area contributed by atoms with Crippen molar-refractivity contribution in [2.75, 3.05) is 32.2 Å². The number of hydrogen-bond acceptors (Lipinski definition) is 6. The maximum absolute atomic E-state index is 11.3. The molecule has 0 aromatic carbocycles. The molecule has 0 aliphatic carbocycles. The Bertz CT molecular complexity index is 423. The quantitative estimate of drug-likeness (QED) is 0.514. The van der Waals surface area contributed by atoms with Crippen molar-refractivity contribution in [3.8, 4) is 0 Å². The van der Waals surface area contributed by atoms with Crippen molar-refractivity contribution in [3.05, 3.63) is 23.9 Å². The fourth-order valence-corrected chi connectivity index (χ4v) is 1.20. The van der Waals surface area contributed by atoms with Crippen molar-refractivity contribution in [1.82, 2.24) is 4.98 Å². The summed E-state index contributed by atoms with van der Waals surface area (Å²) in [6, 6.07) is 3.13. The summed E-state index contributed by atoms with van der Waals surface area (Å²) in [4.78, 5) is 25.7. The SMILES string of the molecule is COC(=O)c1ccnc(NCCOCC(N)=O)c1. The number of ether oxygens (including phenoxy) is 2. The molecule has 7 heteroatoms. The first kappa shape index (κ1) is 13.9. The smallest absolute Gasteiger partial charge is 0.338 e. The predicted molar refractivity (Wildman–Crippen MR) is 64.1 cm³/mol. The second kappa shape index (κ2) is 7.23. The molecule has 1 aromatic rings. The zero-order chi connectivity index (χ0) is 13.4. The number of carbonyl (C=O) groups is 2. The summed E-state index contributed by atoms with van der Waals surface area (Å²) in [6.45, 7) is 0.648. The largest absolute Gasteiger partial charge is 0.465 e. The number of nitrogens with zero attached hydrogens (tertiary/aromatic N) is 1. The molecule has 0 atom stereocenters. The van der Waals surface area contributed by atoms with Gasteiger partial charge in [0.1, 0.15) is 12.4 Å². The molecule has 0 bridgehead atoms. The van der Waals surface area contributed by atoms with Gasteiger partial charge in [-0.25, -0.2) is 9.78 Å². The van der Waals surface area contributed by atoms with Crippen molar-refractivity contribution >= 4 is 17.7 Å². The number of nitrogens with two attached hydrogens (primary N) is 1. The first-order valence-electron chi connectivity index (χ1n) is 5.27. The van der Waals surface area contributed by atoms with Crippen LogP contribution in [0.15, 0.2) is 18.3 Å². The van der Waals surface area contributed by atoms with Gasteiger partial charge in [0, 0.05) is 12.7 Å². The van der Waals surface area contributed by atoms with Gasteiger partial charge in [-0.2, -0.15) is 0 Å². The topological polar surface area (TPSA) is 104 Å². The highest BCUT2D eigenvalue weighted by atomic mass is 16.5. The van der Waals surface area contributed by atoms with E-state index in [9.17, 15) is 9.59 Å². The van der Waals surface area contributed by atoms with Gasteiger partial charge in [-0.15, -0.1) is 0 Å². The zero-order valence-corrected chi connectivity index (χ0v) is 10.0.